The predicted octanol–water partition coefficient (Wildman–Crippen LogP) is 1.12. The molecule has 0 atom stereocenters. The molecule has 1 aliphatic rings. The Hall–Kier alpha value is -1.82. The van der Waals surface area contributed by atoms with E-state index in [2.05, 4.69) is 0 Å². The third kappa shape index (κ3) is 2.38. The molecule has 0 radical (unpaired) electrons. The molecule has 0 unspecified atom stereocenters. The fourth-order valence-corrected chi connectivity index (χ4v) is 2.07. The molecule has 18 heavy (non-hydrogen) atoms. The van der Waals surface area contributed by atoms with Gasteiger partial charge in [-0.05, 0) is 6.07 Å². The lowest BCUT2D eigenvalue weighted by atomic mass is 10.1. The fraction of sp³-hybridized carbons (Fsp3) is 0.417. The molecule has 0 spiro atoms. The number of hydrogen-bond donors (Lipinski definition) is 2. The van der Waals surface area contributed by atoms with E-state index in [-0.39, 0.29) is 12.2 Å². The second kappa shape index (κ2) is 5.22. The third-order valence-corrected chi connectivity index (χ3v) is 3.12. The molecular formula is C12H15FN2O3. The van der Waals surface area contributed by atoms with Crippen LogP contribution in [0.3, 0.4) is 0 Å². The number of aliphatic hydroxyl groups excluding tert-OH is 1. The average Bonchev–Trinajstić information content (AvgIpc) is 2.39. The summed E-state index contributed by atoms with van der Waals surface area (Å²) in [5.41, 5.74) is 0.680. The monoisotopic (exact) mass is 254 g/mol. The van der Waals surface area contributed by atoms with Crippen molar-refractivity contribution >= 4 is 11.8 Å². The summed E-state index contributed by atoms with van der Waals surface area (Å²) in [6, 6.07) is 4.87. The number of halogens is 1. The van der Waals surface area contributed by atoms with Crippen LogP contribution in [0.4, 0.5) is 14.9 Å². The van der Waals surface area contributed by atoms with E-state index < -0.39 is 11.9 Å². The molecule has 0 bridgehead atoms. The molecule has 5 nitrogen and oxygen atoms in total. The van der Waals surface area contributed by atoms with E-state index in [9.17, 15) is 9.18 Å². The number of carboxylic acid groups (broad SMARTS) is 1. The molecule has 1 aromatic carbocycles. The van der Waals surface area contributed by atoms with Crippen molar-refractivity contribution in [2.75, 3.05) is 31.1 Å². The summed E-state index contributed by atoms with van der Waals surface area (Å²) < 4.78 is 14.0. The average molecular weight is 254 g/mol. The summed E-state index contributed by atoms with van der Waals surface area (Å²) in [7, 11) is 0. The molecule has 1 heterocycles. The fourth-order valence-electron chi connectivity index (χ4n) is 2.07. The van der Waals surface area contributed by atoms with Crippen LogP contribution >= 0.6 is 0 Å². The maximum absolute atomic E-state index is 14.0. The molecular weight excluding hydrogens is 239 g/mol. The van der Waals surface area contributed by atoms with Crippen LogP contribution in [-0.4, -0.2) is 47.4 Å². The third-order valence-electron chi connectivity index (χ3n) is 3.12. The van der Waals surface area contributed by atoms with Crippen molar-refractivity contribution in [1.29, 1.82) is 0 Å². The highest BCUT2D eigenvalue weighted by Crippen LogP contribution is 2.23. The summed E-state index contributed by atoms with van der Waals surface area (Å²) in [6.07, 6.45) is -0.945. The quantitative estimate of drug-likeness (QED) is 0.830. The molecule has 98 valence electrons. The van der Waals surface area contributed by atoms with E-state index in [1.54, 1.807) is 17.0 Å². The first-order chi connectivity index (χ1) is 8.63. The summed E-state index contributed by atoms with van der Waals surface area (Å²) in [6.45, 7) is 1.29. The van der Waals surface area contributed by atoms with Crippen LogP contribution < -0.4 is 4.90 Å². The Morgan fingerprint density at radius 2 is 1.94 bits per heavy atom. The van der Waals surface area contributed by atoms with Gasteiger partial charge in [-0.3, -0.25) is 0 Å². The van der Waals surface area contributed by atoms with Crippen LogP contribution in [0.15, 0.2) is 18.2 Å². The first-order valence-corrected chi connectivity index (χ1v) is 5.74. The van der Waals surface area contributed by atoms with Gasteiger partial charge in [0, 0.05) is 31.7 Å². The zero-order valence-corrected chi connectivity index (χ0v) is 9.84. The molecule has 1 amide bonds. The number of piperazine rings is 1. The molecule has 2 rings (SSSR count). The van der Waals surface area contributed by atoms with Crippen LogP contribution in [0.25, 0.3) is 0 Å². The molecule has 6 heteroatoms. The summed E-state index contributed by atoms with van der Waals surface area (Å²) in [5.74, 6) is -0.427. The number of rotatable bonds is 2. The molecule has 1 fully saturated rings. The van der Waals surface area contributed by atoms with Crippen LogP contribution in [0.2, 0.25) is 0 Å². The van der Waals surface area contributed by atoms with Crippen LogP contribution in [0.5, 0.6) is 0 Å². The normalized spacial score (nSPS) is 15.9. The lowest BCUT2D eigenvalue weighted by Crippen LogP contribution is -2.48. The number of carbonyl (C=O) groups is 1. The molecule has 1 aliphatic heterocycles. The standard InChI is InChI=1S/C12H15FN2O3/c13-11-9(8-16)2-1-3-10(11)14-4-6-15(7-5-14)12(17)18/h1-3,16H,4-8H2,(H,17,18). The Labute approximate surface area is 104 Å². The van der Waals surface area contributed by atoms with Gasteiger partial charge in [0.2, 0.25) is 0 Å². The smallest absolute Gasteiger partial charge is 0.407 e. The first-order valence-electron chi connectivity index (χ1n) is 5.74. The minimum Gasteiger partial charge on any atom is -0.465 e. The van der Waals surface area contributed by atoms with Crippen LogP contribution in [0.1, 0.15) is 5.56 Å². The van der Waals surface area contributed by atoms with Gasteiger partial charge in [-0.25, -0.2) is 9.18 Å². The Morgan fingerprint density at radius 1 is 1.28 bits per heavy atom. The van der Waals surface area contributed by atoms with Crippen molar-refractivity contribution in [1.82, 2.24) is 4.90 Å². The zero-order chi connectivity index (χ0) is 13.1. The van der Waals surface area contributed by atoms with E-state index in [0.29, 0.717) is 31.9 Å². The number of anilines is 1. The summed E-state index contributed by atoms with van der Waals surface area (Å²) in [5, 5.41) is 17.8. The Kier molecular flexibility index (Phi) is 3.66. The first kappa shape index (κ1) is 12.6. The molecule has 1 aromatic rings. The van der Waals surface area contributed by atoms with Crippen molar-refractivity contribution in [3.05, 3.63) is 29.6 Å². The summed E-state index contributed by atoms with van der Waals surface area (Å²) in [4.78, 5) is 13.9. The van der Waals surface area contributed by atoms with E-state index in [4.69, 9.17) is 10.2 Å². The highest BCUT2D eigenvalue weighted by atomic mass is 19.1. The summed E-state index contributed by atoms with van der Waals surface area (Å²) >= 11 is 0. The van der Waals surface area contributed by atoms with Gasteiger partial charge in [-0.1, -0.05) is 12.1 Å². The number of amides is 1. The molecule has 0 aromatic heterocycles. The Morgan fingerprint density at radius 3 is 2.50 bits per heavy atom. The van der Waals surface area contributed by atoms with Gasteiger partial charge in [0.05, 0.1) is 12.3 Å². The van der Waals surface area contributed by atoms with E-state index in [1.165, 1.54) is 11.0 Å². The SMILES string of the molecule is O=C(O)N1CCN(c2cccc(CO)c2F)CC1. The minimum atomic E-state index is -0.945. The van der Waals surface area contributed by atoms with E-state index >= 15 is 0 Å². The second-order valence-electron chi connectivity index (χ2n) is 4.17. The van der Waals surface area contributed by atoms with Crippen LogP contribution in [0, 0.1) is 5.82 Å². The Bertz CT molecular complexity index is 445. The Balaban J connectivity index is 2.12. The minimum absolute atomic E-state index is 0.258. The maximum Gasteiger partial charge on any atom is 0.407 e. The van der Waals surface area contributed by atoms with Crippen molar-refractivity contribution in [3.63, 3.8) is 0 Å². The molecule has 2 N–H and O–H groups in total. The number of aliphatic hydroxyl groups is 1. The molecule has 0 saturated carbocycles. The van der Waals surface area contributed by atoms with Gasteiger partial charge >= 0.3 is 6.09 Å². The molecule has 0 aliphatic carbocycles. The van der Waals surface area contributed by atoms with E-state index in [0.717, 1.165) is 0 Å². The second-order valence-corrected chi connectivity index (χ2v) is 4.17. The van der Waals surface area contributed by atoms with Crippen molar-refractivity contribution in [2.24, 2.45) is 0 Å². The topological polar surface area (TPSA) is 64.0 Å². The van der Waals surface area contributed by atoms with Crippen molar-refractivity contribution in [3.8, 4) is 0 Å². The predicted molar refractivity (Wildman–Crippen MR) is 64.1 cm³/mol. The number of hydrogen-bond acceptors (Lipinski definition) is 3. The largest absolute Gasteiger partial charge is 0.465 e. The highest BCUT2D eigenvalue weighted by molar-refractivity contribution is 5.65. The van der Waals surface area contributed by atoms with Gasteiger partial charge in [-0.15, -0.1) is 0 Å². The van der Waals surface area contributed by atoms with Crippen molar-refractivity contribution < 1.29 is 19.4 Å². The zero-order valence-electron chi connectivity index (χ0n) is 9.84. The highest BCUT2D eigenvalue weighted by Gasteiger charge is 2.22. The number of nitrogens with zero attached hydrogens (tertiary/aromatic N) is 2. The van der Waals surface area contributed by atoms with Crippen molar-refractivity contribution in [2.45, 2.75) is 6.61 Å². The molecule has 1 saturated heterocycles. The van der Waals surface area contributed by atoms with Gasteiger partial charge in [0.15, 0.2) is 5.82 Å². The lowest BCUT2D eigenvalue weighted by Gasteiger charge is -2.34. The van der Waals surface area contributed by atoms with Gasteiger partial charge in [0.1, 0.15) is 0 Å². The maximum atomic E-state index is 14.0. The van der Waals surface area contributed by atoms with E-state index in [1.807, 2.05) is 0 Å². The van der Waals surface area contributed by atoms with Gasteiger partial charge in [-0.2, -0.15) is 0 Å². The van der Waals surface area contributed by atoms with Crippen LogP contribution in [-0.2, 0) is 6.61 Å². The number of benzene rings is 1. The van der Waals surface area contributed by atoms with Gasteiger partial charge in [0.25, 0.3) is 0 Å². The lowest BCUT2D eigenvalue weighted by molar-refractivity contribution is 0.142. The van der Waals surface area contributed by atoms with Gasteiger partial charge < -0.3 is 20.0 Å².